The molecule has 0 aliphatic rings. The summed E-state index contributed by atoms with van der Waals surface area (Å²) in [5.41, 5.74) is 0.348. The number of ether oxygens (including phenoxy) is 3. The molecule has 1 rings (SSSR count). The van der Waals surface area contributed by atoms with Crippen LogP contribution in [0.25, 0.3) is 0 Å². The summed E-state index contributed by atoms with van der Waals surface area (Å²) in [5.74, 6) is -1.79. The number of carbonyl (C=O) groups is 3. The lowest BCUT2D eigenvalue weighted by Crippen LogP contribution is -2.25. The van der Waals surface area contributed by atoms with E-state index in [4.69, 9.17) is 27.5 Å². The zero-order valence-corrected chi connectivity index (χ0v) is 32.5. The van der Waals surface area contributed by atoms with Gasteiger partial charge in [0, 0.05) is 19.8 Å². The van der Waals surface area contributed by atoms with Gasteiger partial charge in [0.25, 0.3) is 0 Å². The van der Waals surface area contributed by atoms with E-state index in [0.717, 1.165) is 38.5 Å². The molecule has 0 spiro atoms. The Morgan fingerprint density at radius 2 is 0.622 bits per heavy atom. The summed E-state index contributed by atoms with van der Waals surface area (Å²) in [5, 5.41) is 0. The van der Waals surface area contributed by atoms with Gasteiger partial charge >= 0.3 is 17.9 Å². The van der Waals surface area contributed by atoms with Crippen molar-refractivity contribution in [3.05, 3.63) is 34.9 Å². The Balaban J connectivity index is 2.72. The fourth-order valence-corrected chi connectivity index (χ4v) is 6.27. The normalized spacial score (nSPS) is 12.2. The van der Waals surface area contributed by atoms with Crippen LogP contribution in [0.2, 0.25) is 58.9 Å². The molecule has 0 unspecified atom stereocenters. The average molecular weight is 685 g/mol. The van der Waals surface area contributed by atoms with Crippen LogP contribution in [0.5, 0.6) is 0 Å². The summed E-state index contributed by atoms with van der Waals surface area (Å²) < 4.78 is 34.0. The Kier molecular flexibility index (Phi) is 19.3. The quantitative estimate of drug-likeness (QED) is 0.0461. The Morgan fingerprint density at radius 3 is 0.844 bits per heavy atom. The molecular formula is C33H60O9Si3. The fourth-order valence-electron chi connectivity index (χ4n) is 4.00. The molecule has 0 amide bonds. The maximum Gasteiger partial charge on any atom is 0.338 e. The van der Waals surface area contributed by atoms with Gasteiger partial charge in [0.1, 0.15) is 0 Å². The van der Waals surface area contributed by atoms with Crippen LogP contribution >= 0.6 is 0 Å². The lowest BCUT2D eigenvalue weighted by molar-refractivity contribution is 0.0494. The number of hydrogen-bond donors (Lipinski definition) is 0. The molecule has 0 atom stereocenters. The third-order valence-corrected chi connectivity index (χ3v) is 9.52. The highest BCUT2D eigenvalue weighted by Crippen LogP contribution is 2.16. The lowest BCUT2D eigenvalue weighted by atomic mass is 10.1. The third kappa shape index (κ3) is 22.3. The average Bonchev–Trinajstić information content (AvgIpc) is 2.93. The molecule has 258 valence electrons. The van der Waals surface area contributed by atoms with Crippen LogP contribution in [0.4, 0.5) is 0 Å². The van der Waals surface area contributed by atoms with Crippen LogP contribution < -0.4 is 0 Å². The standard InChI is InChI=1S/C33H60O9Si3/c1-43(2,3)40-22-16-10-13-19-37-31(34)28-25-29(32(35)38-20-14-11-17-23-41-44(4,5)6)27-30(26-28)33(36)39-21-15-12-18-24-42-45(7,8)9/h25-27H,10-24H2,1-9H3. The predicted molar refractivity (Wildman–Crippen MR) is 187 cm³/mol. The van der Waals surface area contributed by atoms with Gasteiger partial charge in [-0.25, -0.2) is 14.4 Å². The molecule has 1 aromatic rings. The number of carbonyl (C=O) groups excluding carboxylic acids is 3. The van der Waals surface area contributed by atoms with E-state index in [1.54, 1.807) is 0 Å². The minimum atomic E-state index is -1.53. The van der Waals surface area contributed by atoms with Gasteiger partial charge in [-0.3, -0.25) is 0 Å². The first kappa shape index (κ1) is 41.2. The van der Waals surface area contributed by atoms with Crippen molar-refractivity contribution in [1.82, 2.24) is 0 Å². The van der Waals surface area contributed by atoms with E-state index in [9.17, 15) is 14.4 Å². The number of esters is 3. The number of unbranched alkanes of at least 4 members (excludes halogenated alkanes) is 6. The first-order valence-electron chi connectivity index (χ1n) is 16.6. The Bertz CT molecular complexity index is 887. The van der Waals surface area contributed by atoms with Gasteiger partial charge in [0.15, 0.2) is 25.0 Å². The molecule has 0 aliphatic heterocycles. The van der Waals surface area contributed by atoms with Crippen LogP contribution in [0.3, 0.4) is 0 Å². The van der Waals surface area contributed by atoms with E-state index in [2.05, 4.69) is 58.9 Å². The van der Waals surface area contributed by atoms with Gasteiger partial charge < -0.3 is 27.5 Å². The summed E-state index contributed by atoms with van der Waals surface area (Å²) in [6.45, 7) is 22.2. The molecule has 0 aromatic heterocycles. The monoisotopic (exact) mass is 684 g/mol. The van der Waals surface area contributed by atoms with E-state index in [-0.39, 0.29) is 36.5 Å². The zero-order valence-electron chi connectivity index (χ0n) is 29.5. The highest BCUT2D eigenvalue weighted by Gasteiger charge is 2.20. The molecule has 1 aromatic carbocycles. The van der Waals surface area contributed by atoms with Crippen molar-refractivity contribution >= 4 is 42.9 Å². The first-order valence-corrected chi connectivity index (χ1v) is 26.8. The van der Waals surface area contributed by atoms with Crippen molar-refractivity contribution in [2.24, 2.45) is 0 Å². The summed E-state index contributed by atoms with van der Waals surface area (Å²) in [7, 11) is -4.59. The van der Waals surface area contributed by atoms with Gasteiger partial charge in [-0.1, -0.05) is 0 Å². The molecule has 0 fully saturated rings. The highest BCUT2D eigenvalue weighted by atomic mass is 28.4. The molecule has 0 radical (unpaired) electrons. The van der Waals surface area contributed by atoms with E-state index in [0.29, 0.717) is 39.1 Å². The predicted octanol–water partition coefficient (Wildman–Crippen LogP) is 8.22. The molecule has 0 aliphatic carbocycles. The maximum absolute atomic E-state index is 12.9. The van der Waals surface area contributed by atoms with E-state index >= 15 is 0 Å². The lowest BCUT2D eigenvalue weighted by Gasteiger charge is -2.16. The molecule has 0 N–H and O–H groups in total. The largest absolute Gasteiger partial charge is 0.462 e. The van der Waals surface area contributed by atoms with Crippen molar-refractivity contribution in [1.29, 1.82) is 0 Å². The van der Waals surface area contributed by atoms with Crippen molar-refractivity contribution in [2.45, 2.75) is 117 Å². The molecule has 12 heteroatoms. The van der Waals surface area contributed by atoms with Gasteiger partial charge in [-0.2, -0.15) is 0 Å². The first-order chi connectivity index (χ1) is 21.0. The second-order valence-corrected chi connectivity index (χ2v) is 27.8. The molecule has 0 bridgehead atoms. The smallest absolute Gasteiger partial charge is 0.338 e. The van der Waals surface area contributed by atoms with Crippen LogP contribution in [-0.4, -0.2) is 82.5 Å². The molecule has 0 heterocycles. The van der Waals surface area contributed by atoms with Crippen LogP contribution in [0.15, 0.2) is 18.2 Å². The van der Waals surface area contributed by atoms with Crippen LogP contribution in [-0.2, 0) is 27.5 Å². The van der Waals surface area contributed by atoms with Gasteiger partial charge in [0.2, 0.25) is 0 Å². The summed E-state index contributed by atoms with van der Waals surface area (Å²) >= 11 is 0. The minimum absolute atomic E-state index is 0.116. The van der Waals surface area contributed by atoms with Gasteiger partial charge in [0.05, 0.1) is 36.5 Å². The maximum atomic E-state index is 12.9. The number of hydrogen-bond acceptors (Lipinski definition) is 9. The Morgan fingerprint density at radius 1 is 0.400 bits per heavy atom. The summed E-state index contributed by atoms with van der Waals surface area (Å²) in [6, 6.07) is 4.26. The zero-order chi connectivity index (χ0) is 33.9. The summed E-state index contributed by atoms with van der Waals surface area (Å²) in [4.78, 5) is 38.7. The topological polar surface area (TPSA) is 107 Å². The van der Waals surface area contributed by atoms with Crippen molar-refractivity contribution in [2.75, 3.05) is 39.6 Å². The number of benzene rings is 1. The van der Waals surface area contributed by atoms with Crippen LogP contribution in [0.1, 0.15) is 88.9 Å². The summed E-state index contributed by atoms with van der Waals surface area (Å²) in [6.07, 6.45) is 7.40. The van der Waals surface area contributed by atoms with Gasteiger partial charge in [-0.15, -0.1) is 0 Å². The van der Waals surface area contributed by atoms with E-state index in [1.807, 2.05) is 0 Å². The van der Waals surface area contributed by atoms with Crippen molar-refractivity contribution < 1.29 is 41.9 Å². The molecule has 0 saturated carbocycles. The van der Waals surface area contributed by atoms with Crippen molar-refractivity contribution in [3.8, 4) is 0 Å². The second-order valence-electron chi connectivity index (χ2n) is 14.3. The van der Waals surface area contributed by atoms with E-state index < -0.39 is 42.9 Å². The van der Waals surface area contributed by atoms with E-state index in [1.165, 1.54) is 18.2 Å². The van der Waals surface area contributed by atoms with Gasteiger partial charge in [-0.05, 0) is 135 Å². The Labute approximate surface area is 275 Å². The highest BCUT2D eigenvalue weighted by molar-refractivity contribution is 6.70. The third-order valence-electron chi connectivity index (χ3n) is 6.31. The molecule has 0 saturated heterocycles. The molecule has 45 heavy (non-hydrogen) atoms. The molecular weight excluding hydrogens is 625 g/mol. The fraction of sp³-hybridized carbons (Fsp3) is 0.727. The second kappa shape index (κ2) is 21.1. The molecule has 9 nitrogen and oxygen atoms in total. The Hall–Kier alpha value is -1.84. The van der Waals surface area contributed by atoms with Crippen LogP contribution in [0, 0.1) is 0 Å². The SMILES string of the molecule is C[Si](C)(C)OCCCCCOC(=O)c1cc(C(=O)OCCCCCO[Si](C)(C)C)cc(C(=O)OCCCCCO[Si](C)(C)C)c1. The van der Waals surface area contributed by atoms with Crippen molar-refractivity contribution in [3.63, 3.8) is 0 Å². The number of rotatable bonds is 24. The minimum Gasteiger partial charge on any atom is -0.462 e.